The van der Waals surface area contributed by atoms with Crippen molar-refractivity contribution in [2.45, 2.75) is 37.7 Å². The van der Waals surface area contributed by atoms with E-state index >= 15 is 0 Å². The fourth-order valence-corrected chi connectivity index (χ4v) is 2.96. The minimum absolute atomic E-state index is 0.118. The molecule has 0 radical (unpaired) electrons. The quantitative estimate of drug-likeness (QED) is 0.822. The maximum atomic E-state index is 13.0. The molecule has 1 N–H and O–H groups in total. The number of alkyl halides is 1. The molecule has 0 aliphatic rings. The maximum absolute atomic E-state index is 13.0. The fraction of sp³-hybridized carbons (Fsp3) is 0.368. The van der Waals surface area contributed by atoms with Crippen LogP contribution in [0.15, 0.2) is 60.7 Å². The Morgan fingerprint density at radius 1 is 0.857 bits per heavy atom. The third kappa shape index (κ3) is 3.70. The zero-order valence-corrected chi connectivity index (χ0v) is 12.7. The van der Waals surface area contributed by atoms with Crippen LogP contribution in [0.3, 0.4) is 0 Å². The molecule has 1 unspecified atom stereocenters. The van der Waals surface area contributed by atoms with Gasteiger partial charge in [0, 0.05) is 6.42 Å². The predicted octanol–water partition coefficient (Wildman–Crippen LogP) is 4.60. The van der Waals surface area contributed by atoms with Crippen LogP contribution in [-0.2, 0) is 11.0 Å². The second-order valence-corrected chi connectivity index (χ2v) is 6.26. The van der Waals surface area contributed by atoms with Gasteiger partial charge in [0.1, 0.15) is 0 Å². The van der Waals surface area contributed by atoms with Crippen molar-refractivity contribution < 1.29 is 9.50 Å². The second kappa shape index (κ2) is 6.40. The van der Waals surface area contributed by atoms with E-state index in [1.54, 1.807) is 0 Å². The average Bonchev–Trinajstić information content (AvgIpc) is 2.49. The molecule has 2 heteroatoms. The topological polar surface area (TPSA) is 20.2 Å². The van der Waals surface area contributed by atoms with Gasteiger partial charge in [-0.15, -0.1) is 0 Å². The van der Waals surface area contributed by atoms with Crippen LogP contribution in [0.5, 0.6) is 0 Å². The van der Waals surface area contributed by atoms with Crippen molar-refractivity contribution in [3.8, 4) is 0 Å². The maximum Gasteiger partial charge on any atom is 0.0929 e. The minimum atomic E-state index is -1.14. The smallest absolute Gasteiger partial charge is 0.0929 e. The van der Waals surface area contributed by atoms with E-state index in [9.17, 15) is 9.50 Å². The van der Waals surface area contributed by atoms with Gasteiger partial charge in [0.05, 0.1) is 12.3 Å². The van der Waals surface area contributed by atoms with Gasteiger partial charge in [-0.2, -0.15) is 0 Å². The standard InChI is InChI=1S/C19H23FO/c1-18(2,16-9-5-3-6-10-16)15-19(21,13-14-20)17-11-7-4-8-12-17/h3-12,21H,13-15H2,1-2H3. The molecule has 0 saturated heterocycles. The first-order chi connectivity index (χ1) is 9.98. The van der Waals surface area contributed by atoms with E-state index in [2.05, 4.69) is 26.0 Å². The molecule has 0 aliphatic carbocycles. The van der Waals surface area contributed by atoms with Gasteiger partial charge in [-0.3, -0.25) is 4.39 Å². The van der Waals surface area contributed by atoms with Crippen molar-refractivity contribution >= 4 is 0 Å². The van der Waals surface area contributed by atoms with Gasteiger partial charge in [0.25, 0.3) is 0 Å². The summed E-state index contributed by atoms with van der Waals surface area (Å²) in [5.74, 6) is 0. The van der Waals surface area contributed by atoms with Crippen LogP contribution < -0.4 is 0 Å². The molecule has 0 fully saturated rings. The molecule has 1 nitrogen and oxygen atoms in total. The summed E-state index contributed by atoms with van der Waals surface area (Å²) in [7, 11) is 0. The first-order valence-electron chi connectivity index (χ1n) is 7.37. The summed E-state index contributed by atoms with van der Waals surface area (Å²) >= 11 is 0. The monoisotopic (exact) mass is 286 g/mol. The zero-order chi connectivity index (χ0) is 15.3. The van der Waals surface area contributed by atoms with Gasteiger partial charge >= 0.3 is 0 Å². The molecule has 112 valence electrons. The van der Waals surface area contributed by atoms with E-state index in [0.29, 0.717) is 6.42 Å². The van der Waals surface area contributed by atoms with E-state index in [0.717, 1.165) is 11.1 Å². The summed E-state index contributed by atoms with van der Waals surface area (Å²) in [4.78, 5) is 0. The Kier molecular flexibility index (Phi) is 4.79. The van der Waals surface area contributed by atoms with Crippen molar-refractivity contribution in [2.24, 2.45) is 0 Å². The molecule has 21 heavy (non-hydrogen) atoms. The molecule has 0 heterocycles. The van der Waals surface area contributed by atoms with E-state index in [-0.39, 0.29) is 11.8 Å². The predicted molar refractivity (Wildman–Crippen MR) is 85.0 cm³/mol. The van der Waals surface area contributed by atoms with Gasteiger partial charge in [-0.25, -0.2) is 0 Å². The highest BCUT2D eigenvalue weighted by Gasteiger charge is 2.36. The molecular weight excluding hydrogens is 263 g/mol. The van der Waals surface area contributed by atoms with E-state index in [4.69, 9.17) is 0 Å². The number of aliphatic hydroxyl groups is 1. The number of benzene rings is 2. The number of halogens is 1. The van der Waals surface area contributed by atoms with E-state index in [1.165, 1.54) is 0 Å². The highest BCUT2D eigenvalue weighted by Crippen LogP contribution is 2.39. The van der Waals surface area contributed by atoms with Crippen LogP contribution in [0.2, 0.25) is 0 Å². The summed E-state index contributed by atoms with van der Waals surface area (Å²) in [5, 5.41) is 11.0. The van der Waals surface area contributed by atoms with Crippen molar-refractivity contribution in [1.82, 2.24) is 0 Å². The summed E-state index contributed by atoms with van der Waals surface area (Å²) in [6, 6.07) is 19.5. The van der Waals surface area contributed by atoms with Gasteiger partial charge in [0.2, 0.25) is 0 Å². The van der Waals surface area contributed by atoms with Crippen molar-refractivity contribution in [3.63, 3.8) is 0 Å². The lowest BCUT2D eigenvalue weighted by Crippen LogP contribution is -2.35. The normalized spacial score (nSPS) is 14.7. The highest BCUT2D eigenvalue weighted by atomic mass is 19.1. The third-order valence-electron chi connectivity index (χ3n) is 4.11. The first-order valence-corrected chi connectivity index (χ1v) is 7.37. The van der Waals surface area contributed by atoms with Crippen molar-refractivity contribution in [2.75, 3.05) is 6.67 Å². The number of rotatable bonds is 6. The Morgan fingerprint density at radius 3 is 1.81 bits per heavy atom. The van der Waals surface area contributed by atoms with Gasteiger partial charge < -0.3 is 5.11 Å². The molecule has 1 atom stereocenters. The molecule has 0 aliphatic heterocycles. The third-order valence-corrected chi connectivity index (χ3v) is 4.11. The molecule has 0 aromatic heterocycles. The lowest BCUT2D eigenvalue weighted by atomic mass is 9.72. The number of hydrogen-bond acceptors (Lipinski definition) is 1. The second-order valence-electron chi connectivity index (χ2n) is 6.26. The lowest BCUT2D eigenvalue weighted by molar-refractivity contribution is -0.00516. The molecule has 0 bridgehead atoms. The van der Waals surface area contributed by atoms with Crippen LogP contribution in [0.4, 0.5) is 4.39 Å². The van der Waals surface area contributed by atoms with Gasteiger partial charge in [-0.05, 0) is 23.0 Å². The largest absolute Gasteiger partial charge is 0.385 e. The molecule has 2 rings (SSSR count). The average molecular weight is 286 g/mol. The first kappa shape index (κ1) is 15.7. The fourth-order valence-electron chi connectivity index (χ4n) is 2.96. The van der Waals surface area contributed by atoms with E-state index < -0.39 is 12.3 Å². The Bertz CT molecular complexity index is 550. The van der Waals surface area contributed by atoms with Crippen molar-refractivity contribution in [3.05, 3.63) is 71.8 Å². The molecule has 2 aromatic carbocycles. The van der Waals surface area contributed by atoms with Crippen LogP contribution in [0.25, 0.3) is 0 Å². The van der Waals surface area contributed by atoms with Crippen LogP contribution in [0, 0.1) is 0 Å². The molecule has 2 aromatic rings. The zero-order valence-electron chi connectivity index (χ0n) is 12.7. The molecule has 0 amide bonds. The summed E-state index contributed by atoms with van der Waals surface area (Å²) < 4.78 is 13.0. The Hall–Kier alpha value is -1.67. The highest BCUT2D eigenvalue weighted by molar-refractivity contribution is 5.28. The van der Waals surface area contributed by atoms with E-state index in [1.807, 2.05) is 48.5 Å². The van der Waals surface area contributed by atoms with Crippen LogP contribution >= 0.6 is 0 Å². The molecule has 0 spiro atoms. The number of hydrogen-bond donors (Lipinski definition) is 1. The van der Waals surface area contributed by atoms with Crippen LogP contribution in [-0.4, -0.2) is 11.8 Å². The summed E-state index contributed by atoms with van der Waals surface area (Å²) in [5.41, 5.74) is 0.556. The molecule has 0 saturated carbocycles. The SMILES string of the molecule is CC(C)(CC(O)(CCF)c1ccccc1)c1ccccc1. The van der Waals surface area contributed by atoms with Crippen molar-refractivity contribution in [1.29, 1.82) is 0 Å². The van der Waals surface area contributed by atoms with Gasteiger partial charge in [0.15, 0.2) is 0 Å². The van der Waals surface area contributed by atoms with Crippen LogP contribution in [0.1, 0.15) is 37.8 Å². The van der Waals surface area contributed by atoms with Gasteiger partial charge in [-0.1, -0.05) is 74.5 Å². The summed E-state index contributed by atoms with van der Waals surface area (Å²) in [6.45, 7) is 3.65. The summed E-state index contributed by atoms with van der Waals surface area (Å²) in [6.07, 6.45) is 0.602. The Morgan fingerprint density at radius 2 is 1.33 bits per heavy atom. The Balaban J connectivity index is 2.32. The minimum Gasteiger partial charge on any atom is -0.385 e. The molecular formula is C19H23FO. The lowest BCUT2D eigenvalue weighted by Gasteiger charge is -2.37. The Labute approximate surface area is 126 Å².